The van der Waals surface area contributed by atoms with Gasteiger partial charge in [0.05, 0.1) is 12.7 Å². The van der Waals surface area contributed by atoms with E-state index in [4.69, 9.17) is 4.74 Å². The van der Waals surface area contributed by atoms with Crippen molar-refractivity contribution < 1.29 is 9.84 Å². The highest BCUT2D eigenvalue weighted by Crippen LogP contribution is 2.36. The molecule has 1 aliphatic heterocycles. The first-order chi connectivity index (χ1) is 9.24. The molecular formula is C17H18O2. The highest BCUT2D eigenvalue weighted by atomic mass is 16.5. The molecule has 1 heterocycles. The molecule has 2 unspecified atom stereocenters. The van der Waals surface area contributed by atoms with E-state index in [1.165, 1.54) is 11.1 Å². The van der Waals surface area contributed by atoms with Crippen LogP contribution in [0.2, 0.25) is 0 Å². The van der Waals surface area contributed by atoms with Gasteiger partial charge in [-0.2, -0.15) is 0 Å². The molecule has 0 saturated heterocycles. The van der Waals surface area contributed by atoms with Crippen molar-refractivity contribution in [1.29, 1.82) is 0 Å². The first-order valence-corrected chi connectivity index (χ1v) is 6.69. The second-order valence-electron chi connectivity index (χ2n) is 5.21. The van der Waals surface area contributed by atoms with Crippen molar-refractivity contribution in [3.8, 4) is 5.75 Å². The van der Waals surface area contributed by atoms with Crippen LogP contribution in [0.5, 0.6) is 5.75 Å². The Morgan fingerprint density at radius 3 is 2.68 bits per heavy atom. The van der Waals surface area contributed by atoms with E-state index in [0.29, 0.717) is 13.0 Å². The normalized spacial score (nSPS) is 18.7. The third-order valence-electron chi connectivity index (χ3n) is 3.77. The van der Waals surface area contributed by atoms with Gasteiger partial charge in [0.2, 0.25) is 0 Å². The van der Waals surface area contributed by atoms with E-state index in [-0.39, 0.29) is 5.92 Å². The van der Waals surface area contributed by atoms with Gasteiger partial charge in [-0.25, -0.2) is 0 Å². The van der Waals surface area contributed by atoms with Crippen molar-refractivity contribution in [2.24, 2.45) is 0 Å². The van der Waals surface area contributed by atoms with Crippen molar-refractivity contribution >= 4 is 0 Å². The van der Waals surface area contributed by atoms with Crippen LogP contribution in [0.25, 0.3) is 0 Å². The summed E-state index contributed by atoms with van der Waals surface area (Å²) in [6, 6.07) is 16.3. The fraction of sp³-hybridized carbons (Fsp3) is 0.294. The Morgan fingerprint density at radius 1 is 1.16 bits per heavy atom. The number of aliphatic hydroxyl groups excluding tert-OH is 1. The monoisotopic (exact) mass is 254 g/mol. The predicted octanol–water partition coefficient (Wildman–Crippen LogP) is 3.07. The Balaban J connectivity index is 1.75. The summed E-state index contributed by atoms with van der Waals surface area (Å²) in [5.74, 6) is 0.993. The highest BCUT2D eigenvalue weighted by molar-refractivity contribution is 5.40. The Labute approximate surface area is 113 Å². The van der Waals surface area contributed by atoms with Gasteiger partial charge in [-0.3, -0.25) is 0 Å². The van der Waals surface area contributed by atoms with Crippen LogP contribution in [-0.2, 0) is 6.42 Å². The molecule has 98 valence electrons. The number of para-hydroxylation sites is 1. The Kier molecular flexibility index (Phi) is 3.26. The zero-order valence-electron chi connectivity index (χ0n) is 11.0. The SMILES string of the molecule is Cc1ccc(CC(O)C2COc3ccccc32)cc1. The van der Waals surface area contributed by atoms with Gasteiger partial charge in [0.15, 0.2) is 0 Å². The van der Waals surface area contributed by atoms with Crippen molar-refractivity contribution in [2.75, 3.05) is 6.61 Å². The summed E-state index contributed by atoms with van der Waals surface area (Å²) >= 11 is 0. The molecular weight excluding hydrogens is 236 g/mol. The minimum atomic E-state index is -0.397. The maximum absolute atomic E-state index is 10.4. The maximum atomic E-state index is 10.4. The lowest BCUT2D eigenvalue weighted by Gasteiger charge is -2.17. The number of aryl methyl sites for hydroxylation is 1. The molecule has 2 aromatic carbocycles. The zero-order chi connectivity index (χ0) is 13.2. The van der Waals surface area contributed by atoms with Crippen molar-refractivity contribution in [3.05, 3.63) is 65.2 Å². The first kappa shape index (κ1) is 12.2. The van der Waals surface area contributed by atoms with E-state index >= 15 is 0 Å². The van der Waals surface area contributed by atoms with Gasteiger partial charge in [-0.15, -0.1) is 0 Å². The lowest BCUT2D eigenvalue weighted by atomic mass is 9.91. The predicted molar refractivity (Wildman–Crippen MR) is 75.6 cm³/mol. The molecule has 2 aromatic rings. The van der Waals surface area contributed by atoms with Crippen LogP contribution in [0.15, 0.2) is 48.5 Å². The van der Waals surface area contributed by atoms with Crippen LogP contribution >= 0.6 is 0 Å². The molecule has 2 heteroatoms. The standard InChI is InChI=1S/C17H18O2/c1-12-6-8-13(9-7-12)10-16(18)15-11-19-17-5-3-2-4-14(15)17/h2-9,15-16,18H,10-11H2,1H3. The van der Waals surface area contributed by atoms with E-state index in [1.54, 1.807) is 0 Å². The molecule has 2 atom stereocenters. The van der Waals surface area contributed by atoms with Gasteiger partial charge in [-0.05, 0) is 25.0 Å². The number of hydrogen-bond acceptors (Lipinski definition) is 2. The first-order valence-electron chi connectivity index (χ1n) is 6.69. The van der Waals surface area contributed by atoms with E-state index in [9.17, 15) is 5.11 Å². The van der Waals surface area contributed by atoms with Gasteiger partial charge in [0.1, 0.15) is 5.75 Å². The second-order valence-corrected chi connectivity index (χ2v) is 5.21. The molecule has 0 fully saturated rings. The summed E-state index contributed by atoms with van der Waals surface area (Å²) in [5.41, 5.74) is 3.54. The largest absolute Gasteiger partial charge is 0.493 e. The van der Waals surface area contributed by atoms with Gasteiger partial charge >= 0.3 is 0 Å². The number of aliphatic hydroxyl groups is 1. The van der Waals surface area contributed by atoms with Crippen LogP contribution in [0.1, 0.15) is 22.6 Å². The minimum absolute atomic E-state index is 0.0810. The summed E-state index contributed by atoms with van der Waals surface area (Å²) in [5, 5.41) is 10.4. The van der Waals surface area contributed by atoms with Gasteiger partial charge in [-0.1, -0.05) is 48.0 Å². The van der Waals surface area contributed by atoms with Crippen LogP contribution in [0.3, 0.4) is 0 Å². The molecule has 0 aliphatic carbocycles. The Bertz CT molecular complexity index is 560. The van der Waals surface area contributed by atoms with E-state index in [0.717, 1.165) is 11.3 Å². The minimum Gasteiger partial charge on any atom is -0.493 e. The lowest BCUT2D eigenvalue weighted by molar-refractivity contribution is 0.129. The molecule has 2 nitrogen and oxygen atoms in total. The number of benzene rings is 2. The molecule has 0 spiro atoms. The van der Waals surface area contributed by atoms with Crippen molar-refractivity contribution in [1.82, 2.24) is 0 Å². The van der Waals surface area contributed by atoms with Gasteiger partial charge in [0, 0.05) is 11.5 Å². The average Bonchev–Trinajstić information content (AvgIpc) is 2.85. The van der Waals surface area contributed by atoms with Gasteiger partial charge < -0.3 is 9.84 Å². The summed E-state index contributed by atoms with van der Waals surface area (Å²) in [6.07, 6.45) is 0.272. The summed E-state index contributed by atoms with van der Waals surface area (Å²) in [4.78, 5) is 0. The summed E-state index contributed by atoms with van der Waals surface area (Å²) < 4.78 is 5.63. The number of hydrogen-bond donors (Lipinski definition) is 1. The molecule has 0 aromatic heterocycles. The van der Waals surface area contributed by atoms with E-state index in [1.807, 2.05) is 24.3 Å². The fourth-order valence-electron chi connectivity index (χ4n) is 2.61. The van der Waals surface area contributed by atoms with Gasteiger partial charge in [0.25, 0.3) is 0 Å². The van der Waals surface area contributed by atoms with E-state index < -0.39 is 6.10 Å². The van der Waals surface area contributed by atoms with Crippen molar-refractivity contribution in [3.63, 3.8) is 0 Å². The Hall–Kier alpha value is -1.80. The topological polar surface area (TPSA) is 29.5 Å². The lowest BCUT2D eigenvalue weighted by Crippen LogP contribution is -2.22. The maximum Gasteiger partial charge on any atom is 0.123 e. The number of fused-ring (bicyclic) bond motifs is 1. The smallest absolute Gasteiger partial charge is 0.123 e. The third kappa shape index (κ3) is 2.49. The van der Waals surface area contributed by atoms with Crippen LogP contribution in [-0.4, -0.2) is 17.8 Å². The molecule has 0 radical (unpaired) electrons. The fourth-order valence-corrected chi connectivity index (χ4v) is 2.61. The van der Waals surface area contributed by atoms with Crippen LogP contribution in [0.4, 0.5) is 0 Å². The summed E-state index contributed by atoms with van der Waals surface area (Å²) in [6.45, 7) is 2.65. The highest BCUT2D eigenvalue weighted by Gasteiger charge is 2.29. The molecule has 1 N–H and O–H groups in total. The molecule has 1 aliphatic rings. The molecule has 19 heavy (non-hydrogen) atoms. The average molecular weight is 254 g/mol. The third-order valence-corrected chi connectivity index (χ3v) is 3.77. The summed E-state index contributed by atoms with van der Waals surface area (Å²) in [7, 11) is 0. The number of ether oxygens (including phenoxy) is 1. The van der Waals surface area contributed by atoms with E-state index in [2.05, 4.69) is 31.2 Å². The second kappa shape index (κ2) is 5.06. The zero-order valence-corrected chi connectivity index (χ0v) is 11.0. The van der Waals surface area contributed by atoms with Crippen LogP contribution in [0, 0.1) is 6.92 Å². The van der Waals surface area contributed by atoms with Crippen molar-refractivity contribution in [2.45, 2.75) is 25.4 Å². The molecule has 0 saturated carbocycles. The van der Waals surface area contributed by atoms with Crippen LogP contribution < -0.4 is 4.74 Å². The Morgan fingerprint density at radius 2 is 1.89 bits per heavy atom. The molecule has 0 bridgehead atoms. The number of rotatable bonds is 3. The molecule has 0 amide bonds. The molecule has 3 rings (SSSR count). The quantitative estimate of drug-likeness (QED) is 0.912.